The van der Waals surface area contributed by atoms with Crippen molar-refractivity contribution in [2.45, 2.75) is 51.1 Å². The van der Waals surface area contributed by atoms with Crippen molar-refractivity contribution in [2.75, 3.05) is 26.7 Å². The highest BCUT2D eigenvalue weighted by molar-refractivity contribution is 5.81. The highest BCUT2D eigenvalue weighted by Gasteiger charge is 2.31. The highest BCUT2D eigenvalue weighted by atomic mass is 16.2. The van der Waals surface area contributed by atoms with Gasteiger partial charge in [0.1, 0.15) is 0 Å². The van der Waals surface area contributed by atoms with E-state index in [9.17, 15) is 4.79 Å². The molecule has 156 valence electrons. The Bertz CT molecular complexity index is 854. The van der Waals surface area contributed by atoms with Crippen LogP contribution in [0.5, 0.6) is 0 Å². The fourth-order valence-electron chi connectivity index (χ4n) is 4.56. The Balaban J connectivity index is 1.23. The lowest BCUT2D eigenvalue weighted by Crippen LogP contribution is -2.46. The van der Waals surface area contributed by atoms with Gasteiger partial charge in [-0.25, -0.2) is 4.98 Å². The van der Waals surface area contributed by atoms with Crippen LogP contribution in [0.25, 0.3) is 11.0 Å². The number of fused-ring (bicyclic) bond motifs is 1. The number of guanidine groups is 1. The summed E-state index contributed by atoms with van der Waals surface area (Å²) < 4.78 is 2.15. The third-order valence-corrected chi connectivity index (χ3v) is 6.19. The minimum atomic E-state index is 0.255. The zero-order valence-corrected chi connectivity index (χ0v) is 17.3. The number of aromatic nitrogens is 2. The Morgan fingerprint density at radius 2 is 2.03 bits per heavy atom. The van der Waals surface area contributed by atoms with Crippen molar-refractivity contribution in [3.63, 3.8) is 0 Å². The number of hydrogen-bond donors (Lipinski definition) is 2. The number of benzene rings is 1. The summed E-state index contributed by atoms with van der Waals surface area (Å²) in [6.45, 7) is 3.21. The molecule has 1 unspecified atom stereocenters. The zero-order valence-electron chi connectivity index (χ0n) is 17.3. The molecule has 1 aromatic heterocycles. The molecule has 1 saturated carbocycles. The first-order valence-corrected chi connectivity index (χ1v) is 10.9. The maximum atomic E-state index is 12.8. The lowest BCUT2D eigenvalue weighted by molar-refractivity contribution is -0.135. The summed E-state index contributed by atoms with van der Waals surface area (Å²) in [5.41, 5.74) is 2.16. The summed E-state index contributed by atoms with van der Waals surface area (Å²) in [5.74, 6) is 1.42. The van der Waals surface area contributed by atoms with E-state index < -0.39 is 0 Å². The molecule has 29 heavy (non-hydrogen) atoms. The number of carbonyl (C=O) groups is 1. The molecule has 7 nitrogen and oxygen atoms in total. The normalized spacial score (nSPS) is 20.9. The maximum absolute atomic E-state index is 12.8. The fraction of sp³-hybridized carbons (Fsp3) is 0.591. The first-order valence-electron chi connectivity index (χ1n) is 10.9. The number of nitrogens with zero attached hydrogens (tertiary/aromatic N) is 4. The molecule has 4 rings (SSSR count). The van der Waals surface area contributed by atoms with Crippen molar-refractivity contribution in [1.29, 1.82) is 0 Å². The Morgan fingerprint density at radius 1 is 1.21 bits per heavy atom. The van der Waals surface area contributed by atoms with Gasteiger partial charge in [0.05, 0.1) is 17.4 Å². The molecule has 1 atom stereocenters. The van der Waals surface area contributed by atoms with Gasteiger partial charge in [0.15, 0.2) is 5.96 Å². The molecule has 2 aliphatic rings. The molecule has 2 N–H and O–H groups in total. The molecule has 2 fully saturated rings. The van der Waals surface area contributed by atoms with E-state index in [2.05, 4.69) is 36.1 Å². The van der Waals surface area contributed by atoms with E-state index in [4.69, 9.17) is 0 Å². The van der Waals surface area contributed by atoms with Crippen LogP contribution in [0.4, 0.5) is 0 Å². The van der Waals surface area contributed by atoms with Crippen molar-refractivity contribution in [2.24, 2.45) is 10.9 Å². The van der Waals surface area contributed by atoms with E-state index in [1.165, 1.54) is 19.3 Å². The summed E-state index contributed by atoms with van der Waals surface area (Å²) >= 11 is 0. The number of aliphatic imine (C=N–C) groups is 1. The molecule has 1 saturated heterocycles. The first kappa shape index (κ1) is 19.7. The van der Waals surface area contributed by atoms with Crippen LogP contribution in [0.1, 0.15) is 38.5 Å². The standard InChI is InChI=1S/C22H32N6O/c1-23-22(24-12-14-28-16-25-19-9-5-6-10-20(19)28)26-18-11-13-27(15-18)21(29)17-7-3-2-4-8-17/h5-6,9-10,16-18H,2-4,7-8,11-15H2,1H3,(H2,23,24,26). The van der Waals surface area contributed by atoms with Gasteiger partial charge in [-0.2, -0.15) is 0 Å². The van der Waals surface area contributed by atoms with Crippen LogP contribution >= 0.6 is 0 Å². The molecule has 2 aromatic rings. The van der Waals surface area contributed by atoms with Gasteiger partial charge >= 0.3 is 0 Å². The van der Waals surface area contributed by atoms with E-state index in [-0.39, 0.29) is 12.0 Å². The summed E-state index contributed by atoms with van der Waals surface area (Å²) in [5, 5.41) is 6.88. The van der Waals surface area contributed by atoms with E-state index in [1.807, 2.05) is 24.5 Å². The van der Waals surface area contributed by atoms with Gasteiger partial charge in [0.25, 0.3) is 0 Å². The Kier molecular flexibility index (Phi) is 6.32. The number of likely N-dealkylation sites (tertiary alicyclic amines) is 1. The number of hydrogen-bond acceptors (Lipinski definition) is 3. The third kappa shape index (κ3) is 4.71. The van der Waals surface area contributed by atoms with Crippen LogP contribution in [0.2, 0.25) is 0 Å². The number of carbonyl (C=O) groups excluding carboxylic acids is 1. The van der Waals surface area contributed by atoms with Gasteiger partial charge in [-0.05, 0) is 31.4 Å². The fourth-order valence-corrected chi connectivity index (χ4v) is 4.56. The van der Waals surface area contributed by atoms with Gasteiger partial charge in [-0.1, -0.05) is 31.4 Å². The molecule has 2 heterocycles. The Hall–Kier alpha value is -2.57. The topological polar surface area (TPSA) is 74.6 Å². The lowest BCUT2D eigenvalue weighted by Gasteiger charge is -2.26. The van der Waals surface area contributed by atoms with Gasteiger partial charge < -0.3 is 20.1 Å². The second kappa shape index (κ2) is 9.29. The van der Waals surface area contributed by atoms with Crippen molar-refractivity contribution in [3.8, 4) is 0 Å². The predicted molar refractivity (Wildman–Crippen MR) is 116 cm³/mol. The average Bonchev–Trinajstić information content (AvgIpc) is 3.40. The molecular weight excluding hydrogens is 364 g/mol. The van der Waals surface area contributed by atoms with E-state index in [0.717, 1.165) is 62.4 Å². The number of nitrogens with one attached hydrogen (secondary N) is 2. The minimum Gasteiger partial charge on any atom is -0.355 e. The van der Waals surface area contributed by atoms with Crippen molar-refractivity contribution >= 4 is 22.9 Å². The second-order valence-corrected chi connectivity index (χ2v) is 8.17. The van der Waals surface area contributed by atoms with Gasteiger partial charge in [0, 0.05) is 45.2 Å². The summed E-state index contributed by atoms with van der Waals surface area (Å²) in [7, 11) is 1.79. The first-order chi connectivity index (χ1) is 14.2. The monoisotopic (exact) mass is 396 g/mol. The summed E-state index contributed by atoms with van der Waals surface area (Å²) in [6, 6.07) is 8.43. The number of amides is 1. The molecule has 0 spiro atoms. The van der Waals surface area contributed by atoms with Crippen LogP contribution < -0.4 is 10.6 Å². The van der Waals surface area contributed by atoms with E-state index in [0.29, 0.717) is 5.91 Å². The highest BCUT2D eigenvalue weighted by Crippen LogP contribution is 2.26. The van der Waals surface area contributed by atoms with Crippen LogP contribution in [0.15, 0.2) is 35.6 Å². The zero-order chi connectivity index (χ0) is 20.1. The molecule has 1 aliphatic carbocycles. The van der Waals surface area contributed by atoms with Crippen molar-refractivity contribution in [1.82, 2.24) is 25.1 Å². The third-order valence-electron chi connectivity index (χ3n) is 6.19. The van der Waals surface area contributed by atoms with Crippen molar-refractivity contribution in [3.05, 3.63) is 30.6 Å². The Labute approximate surface area is 172 Å². The smallest absolute Gasteiger partial charge is 0.225 e. The van der Waals surface area contributed by atoms with Gasteiger partial charge in [-0.15, -0.1) is 0 Å². The van der Waals surface area contributed by atoms with Crippen LogP contribution in [-0.4, -0.2) is 59.0 Å². The van der Waals surface area contributed by atoms with Crippen LogP contribution in [0, 0.1) is 5.92 Å². The second-order valence-electron chi connectivity index (χ2n) is 8.17. The molecule has 7 heteroatoms. The number of imidazole rings is 1. The lowest BCUT2D eigenvalue weighted by atomic mass is 9.88. The molecular formula is C22H32N6O. The molecule has 1 aromatic carbocycles. The van der Waals surface area contributed by atoms with Crippen LogP contribution in [-0.2, 0) is 11.3 Å². The Morgan fingerprint density at radius 3 is 2.86 bits per heavy atom. The largest absolute Gasteiger partial charge is 0.355 e. The average molecular weight is 397 g/mol. The van der Waals surface area contributed by atoms with Crippen LogP contribution in [0.3, 0.4) is 0 Å². The number of rotatable bonds is 5. The molecule has 1 amide bonds. The summed E-state index contributed by atoms with van der Waals surface area (Å²) in [4.78, 5) is 23.6. The predicted octanol–water partition coefficient (Wildman–Crippen LogP) is 2.38. The summed E-state index contributed by atoms with van der Waals surface area (Å²) in [6.07, 6.45) is 8.69. The van der Waals surface area contributed by atoms with E-state index in [1.54, 1.807) is 7.05 Å². The number of para-hydroxylation sites is 2. The maximum Gasteiger partial charge on any atom is 0.225 e. The van der Waals surface area contributed by atoms with Crippen molar-refractivity contribution < 1.29 is 4.79 Å². The van der Waals surface area contributed by atoms with E-state index >= 15 is 0 Å². The van der Waals surface area contributed by atoms with Gasteiger partial charge in [0.2, 0.25) is 5.91 Å². The quantitative estimate of drug-likeness (QED) is 0.601. The molecule has 1 aliphatic heterocycles. The van der Waals surface area contributed by atoms with Gasteiger partial charge in [-0.3, -0.25) is 9.79 Å². The molecule has 0 radical (unpaired) electrons. The SMILES string of the molecule is CN=C(NCCn1cnc2ccccc21)NC1CCN(C(=O)C2CCCCC2)C1. The molecule has 0 bridgehead atoms. The minimum absolute atomic E-state index is 0.255.